The molecule has 0 aromatic carbocycles. The molecular weight excluding hydrogens is 270 g/mol. The summed E-state index contributed by atoms with van der Waals surface area (Å²) in [6, 6.07) is 0.486. The summed E-state index contributed by atoms with van der Waals surface area (Å²) < 4.78 is 16.4. The Labute approximate surface area is 127 Å². The Morgan fingerprint density at radius 1 is 1.24 bits per heavy atom. The largest absolute Gasteiger partial charge is 0.468 e. The minimum absolute atomic E-state index is 0.130. The molecule has 5 heteroatoms. The van der Waals surface area contributed by atoms with Crippen molar-refractivity contribution in [1.82, 2.24) is 5.32 Å². The highest BCUT2D eigenvalue weighted by Crippen LogP contribution is 2.36. The zero-order chi connectivity index (χ0) is 15.1. The first-order chi connectivity index (χ1) is 10.2. The van der Waals surface area contributed by atoms with E-state index in [1.807, 2.05) is 0 Å². The summed E-state index contributed by atoms with van der Waals surface area (Å²) >= 11 is 0. The molecule has 5 nitrogen and oxygen atoms in total. The molecule has 2 saturated carbocycles. The van der Waals surface area contributed by atoms with Gasteiger partial charge in [0, 0.05) is 19.1 Å². The van der Waals surface area contributed by atoms with Crippen LogP contribution in [0.4, 0.5) is 0 Å². The van der Waals surface area contributed by atoms with Gasteiger partial charge in [-0.05, 0) is 32.1 Å². The number of unbranched alkanes of at least 4 members (excludes halogenated alkanes) is 1. The highest BCUT2D eigenvalue weighted by molar-refractivity contribution is 5.81. The number of nitrogens with one attached hydrogen (secondary N) is 1. The summed E-state index contributed by atoms with van der Waals surface area (Å²) in [6.45, 7) is 4.20. The van der Waals surface area contributed by atoms with Crippen LogP contribution >= 0.6 is 0 Å². The molecule has 0 heterocycles. The summed E-state index contributed by atoms with van der Waals surface area (Å²) in [7, 11) is 1.47. The van der Waals surface area contributed by atoms with Gasteiger partial charge < -0.3 is 14.2 Å². The SMILES string of the molecule is CCCCOCCOC1CCC(NC2CC2)(C(=O)OC)C1. The Kier molecular flexibility index (Phi) is 6.45. The van der Waals surface area contributed by atoms with Gasteiger partial charge in [-0.2, -0.15) is 0 Å². The average molecular weight is 299 g/mol. The summed E-state index contributed by atoms with van der Waals surface area (Å²) in [5, 5.41) is 3.48. The molecule has 0 saturated heterocycles. The Balaban J connectivity index is 1.70. The van der Waals surface area contributed by atoms with Crippen LogP contribution in [0.15, 0.2) is 0 Å². The summed E-state index contributed by atoms with van der Waals surface area (Å²) in [5.74, 6) is -0.139. The van der Waals surface area contributed by atoms with Gasteiger partial charge in [0.1, 0.15) is 5.54 Å². The molecule has 122 valence electrons. The number of hydrogen-bond acceptors (Lipinski definition) is 5. The van der Waals surface area contributed by atoms with Crippen molar-refractivity contribution in [3.63, 3.8) is 0 Å². The number of hydrogen-bond donors (Lipinski definition) is 1. The average Bonchev–Trinajstić information content (AvgIpc) is 3.20. The molecule has 21 heavy (non-hydrogen) atoms. The smallest absolute Gasteiger partial charge is 0.326 e. The maximum absolute atomic E-state index is 12.1. The van der Waals surface area contributed by atoms with E-state index in [0.717, 1.165) is 45.1 Å². The lowest BCUT2D eigenvalue weighted by atomic mass is 9.97. The first kappa shape index (κ1) is 16.7. The van der Waals surface area contributed by atoms with Crippen LogP contribution in [-0.2, 0) is 19.0 Å². The minimum Gasteiger partial charge on any atom is -0.468 e. The second kappa shape index (κ2) is 8.11. The van der Waals surface area contributed by atoms with Gasteiger partial charge in [-0.1, -0.05) is 13.3 Å². The molecule has 2 unspecified atom stereocenters. The molecule has 0 aromatic heterocycles. The van der Waals surface area contributed by atoms with Gasteiger partial charge in [-0.15, -0.1) is 0 Å². The molecule has 0 aromatic rings. The summed E-state index contributed by atoms with van der Waals surface area (Å²) in [4.78, 5) is 12.1. The van der Waals surface area contributed by atoms with E-state index in [4.69, 9.17) is 14.2 Å². The number of rotatable bonds is 10. The number of carbonyl (C=O) groups excluding carboxylic acids is 1. The van der Waals surface area contributed by atoms with Crippen molar-refractivity contribution in [3.8, 4) is 0 Å². The maximum Gasteiger partial charge on any atom is 0.326 e. The maximum atomic E-state index is 12.1. The second-order valence-corrected chi connectivity index (χ2v) is 6.19. The fourth-order valence-electron chi connectivity index (χ4n) is 2.95. The van der Waals surface area contributed by atoms with Gasteiger partial charge in [-0.25, -0.2) is 0 Å². The Hall–Kier alpha value is -0.650. The van der Waals surface area contributed by atoms with Crippen molar-refractivity contribution in [3.05, 3.63) is 0 Å². The van der Waals surface area contributed by atoms with Crippen LogP contribution in [-0.4, -0.2) is 50.6 Å². The van der Waals surface area contributed by atoms with Crippen molar-refractivity contribution in [1.29, 1.82) is 0 Å². The quantitative estimate of drug-likeness (QED) is 0.494. The monoisotopic (exact) mass is 299 g/mol. The molecule has 0 amide bonds. The molecule has 0 aliphatic heterocycles. The van der Waals surface area contributed by atoms with Crippen LogP contribution in [0.3, 0.4) is 0 Å². The summed E-state index contributed by atoms with van der Waals surface area (Å²) in [6.07, 6.45) is 7.13. The van der Waals surface area contributed by atoms with E-state index in [-0.39, 0.29) is 12.1 Å². The lowest BCUT2D eigenvalue weighted by Crippen LogP contribution is -2.52. The van der Waals surface area contributed by atoms with Gasteiger partial charge in [0.25, 0.3) is 0 Å². The van der Waals surface area contributed by atoms with Crippen LogP contribution in [0.25, 0.3) is 0 Å². The van der Waals surface area contributed by atoms with Crippen molar-refractivity contribution in [2.75, 3.05) is 26.9 Å². The third-order valence-corrected chi connectivity index (χ3v) is 4.33. The molecule has 1 N–H and O–H groups in total. The number of carbonyl (C=O) groups is 1. The van der Waals surface area contributed by atoms with E-state index in [2.05, 4.69) is 12.2 Å². The normalized spacial score (nSPS) is 28.8. The lowest BCUT2D eigenvalue weighted by molar-refractivity contribution is -0.149. The fraction of sp³-hybridized carbons (Fsp3) is 0.938. The predicted molar refractivity (Wildman–Crippen MR) is 80.2 cm³/mol. The summed E-state index contributed by atoms with van der Waals surface area (Å²) in [5.41, 5.74) is -0.524. The van der Waals surface area contributed by atoms with Crippen molar-refractivity contribution >= 4 is 5.97 Å². The molecular formula is C16H29NO4. The predicted octanol–water partition coefficient (Wildman–Crippen LogP) is 2.04. The van der Waals surface area contributed by atoms with Crippen LogP contribution in [0, 0.1) is 0 Å². The molecule has 0 radical (unpaired) electrons. The Morgan fingerprint density at radius 2 is 2.05 bits per heavy atom. The van der Waals surface area contributed by atoms with Gasteiger partial charge >= 0.3 is 5.97 Å². The third kappa shape index (κ3) is 4.94. The van der Waals surface area contributed by atoms with Gasteiger partial charge in [0.15, 0.2) is 0 Å². The molecule has 2 fully saturated rings. The molecule has 2 rings (SSSR count). The zero-order valence-electron chi connectivity index (χ0n) is 13.4. The van der Waals surface area contributed by atoms with Crippen LogP contribution in [0.5, 0.6) is 0 Å². The standard InChI is InChI=1S/C16H29NO4/c1-3-4-9-20-10-11-21-14-7-8-16(12-14,15(18)19-2)17-13-5-6-13/h13-14,17H,3-12H2,1-2H3. The molecule has 2 aliphatic carbocycles. The minimum atomic E-state index is -0.524. The van der Waals surface area contributed by atoms with Gasteiger partial charge in [0.2, 0.25) is 0 Å². The van der Waals surface area contributed by atoms with Gasteiger partial charge in [-0.3, -0.25) is 10.1 Å². The highest BCUT2D eigenvalue weighted by Gasteiger charge is 2.49. The van der Waals surface area contributed by atoms with Gasteiger partial charge in [0.05, 0.1) is 26.4 Å². The van der Waals surface area contributed by atoms with E-state index in [1.54, 1.807) is 0 Å². The number of ether oxygens (including phenoxy) is 3. The highest BCUT2D eigenvalue weighted by atomic mass is 16.5. The first-order valence-electron chi connectivity index (χ1n) is 8.25. The lowest BCUT2D eigenvalue weighted by Gasteiger charge is -2.27. The zero-order valence-corrected chi connectivity index (χ0v) is 13.4. The molecule has 0 spiro atoms. The van der Waals surface area contributed by atoms with Crippen LogP contribution < -0.4 is 5.32 Å². The fourth-order valence-corrected chi connectivity index (χ4v) is 2.95. The third-order valence-electron chi connectivity index (χ3n) is 4.33. The molecule has 2 aliphatic rings. The second-order valence-electron chi connectivity index (χ2n) is 6.19. The Bertz CT molecular complexity index is 332. The van der Waals surface area contributed by atoms with E-state index < -0.39 is 5.54 Å². The van der Waals surface area contributed by atoms with Crippen LogP contribution in [0.2, 0.25) is 0 Å². The topological polar surface area (TPSA) is 56.8 Å². The van der Waals surface area contributed by atoms with Crippen molar-refractivity contribution < 1.29 is 19.0 Å². The first-order valence-corrected chi connectivity index (χ1v) is 8.25. The van der Waals surface area contributed by atoms with E-state index in [0.29, 0.717) is 25.7 Å². The van der Waals surface area contributed by atoms with E-state index in [9.17, 15) is 4.79 Å². The number of methoxy groups -OCH3 is 1. The van der Waals surface area contributed by atoms with E-state index in [1.165, 1.54) is 7.11 Å². The van der Waals surface area contributed by atoms with Crippen molar-refractivity contribution in [2.45, 2.75) is 69.6 Å². The van der Waals surface area contributed by atoms with Crippen molar-refractivity contribution in [2.24, 2.45) is 0 Å². The van der Waals surface area contributed by atoms with E-state index >= 15 is 0 Å². The molecule has 0 bridgehead atoms. The molecule has 2 atom stereocenters. The van der Waals surface area contributed by atoms with Crippen LogP contribution in [0.1, 0.15) is 51.9 Å². The Morgan fingerprint density at radius 3 is 2.71 bits per heavy atom. The number of esters is 1.